The first-order valence-electron chi connectivity index (χ1n) is 10.3. The quantitative estimate of drug-likeness (QED) is 0.689. The van der Waals surface area contributed by atoms with Gasteiger partial charge < -0.3 is 18.9 Å². The summed E-state index contributed by atoms with van der Waals surface area (Å²) >= 11 is 0. The van der Waals surface area contributed by atoms with Crippen LogP contribution in [0.3, 0.4) is 0 Å². The highest BCUT2D eigenvalue weighted by molar-refractivity contribution is 5.87. The number of piperidine rings is 1. The molecular weight excluding hydrogens is 425 g/mol. The van der Waals surface area contributed by atoms with Crippen molar-refractivity contribution in [3.8, 4) is 11.5 Å². The first-order valence-corrected chi connectivity index (χ1v) is 10.3. The Hall–Kier alpha value is -1.47. The molecule has 0 saturated carbocycles. The number of fused-ring (bicyclic) bond motifs is 3. The Bertz CT molecular complexity index is 926. The highest BCUT2D eigenvalue weighted by Crippen LogP contribution is 2.35. The van der Waals surface area contributed by atoms with Gasteiger partial charge in [-0.15, -0.1) is 24.8 Å². The van der Waals surface area contributed by atoms with Crippen LogP contribution in [0.25, 0.3) is 10.9 Å². The number of pyridine rings is 1. The summed E-state index contributed by atoms with van der Waals surface area (Å²) in [5, 5.41) is 1.10. The van der Waals surface area contributed by atoms with Gasteiger partial charge in [-0.05, 0) is 44.0 Å². The molecule has 3 heterocycles. The molecular formula is C22H33Cl2N3O3. The Morgan fingerprint density at radius 2 is 1.50 bits per heavy atom. The van der Waals surface area contributed by atoms with E-state index in [1.807, 2.05) is 19.2 Å². The van der Waals surface area contributed by atoms with Crippen molar-refractivity contribution in [3.05, 3.63) is 33.6 Å². The molecule has 2 aromatic rings. The monoisotopic (exact) mass is 457 g/mol. The highest BCUT2D eigenvalue weighted by Gasteiger charge is 2.24. The number of likely N-dealkylation sites (tertiary alicyclic amines) is 1. The summed E-state index contributed by atoms with van der Waals surface area (Å²) < 4.78 is 12.7. The van der Waals surface area contributed by atoms with Crippen LogP contribution in [-0.2, 0) is 20.0 Å². The standard InChI is InChI=1S/C22H31N3O3.2ClH/c1-23-19-14-21(28-3)20(27-2)13-17(19)16-7-10-25(15-18(16)22(23)26)12-11-24-8-5-4-6-9-24;;/h13-14H,4-12,15H2,1-3H3;2*1H. The molecule has 1 aromatic carbocycles. The minimum absolute atomic E-state index is 0. The summed E-state index contributed by atoms with van der Waals surface area (Å²) in [6.45, 7) is 6.31. The molecule has 0 bridgehead atoms. The lowest BCUT2D eigenvalue weighted by Gasteiger charge is -2.33. The zero-order valence-electron chi connectivity index (χ0n) is 18.1. The molecule has 30 heavy (non-hydrogen) atoms. The van der Waals surface area contributed by atoms with Gasteiger partial charge >= 0.3 is 0 Å². The maximum Gasteiger partial charge on any atom is 0.255 e. The molecule has 1 fully saturated rings. The molecule has 1 saturated heterocycles. The number of nitrogens with zero attached hydrogens (tertiary/aromatic N) is 3. The minimum atomic E-state index is 0. The molecule has 6 nitrogen and oxygen atoms in total. The van der Waals surface area contributed by atoms with Crippen molar-refractivity contribution in [2.45, 2.75) is 32.2 Å². The number of aromatic nitrogens is 1. The first kappa shape index (κ1) is 24.8. The van der Waals surface area contributed by atoms with E-state index in [1.165, 1.54) is 37.9 Å². The number of aryl methyl sites for hydroxylation is 1. The molecule has 0 spiro atoms. The van der Waals surface area contributed by atoms with Gasteiger partial charge in [0.05, 0.1) is 19.7 Å². The molecule has 4 rings (SSSR count). The van der Waals surface area contributed by atoms with Crippen LogP contribution in [0.1, 0.15) is 30.4 Å². The summed E-state index contributed by atoms with van der Waals surface area (Å²) in [5.41, 5.74) is 3.13. The van der Waals surface area contributed by atoms with Crippen molar-refractivity contribution >= 4 is 35.7 Å². The fraction of sp³-hybridized carbons (Fsp3) is 0.591. The Balaban J connectivity index is 0.00000160. The fourth-order valence-electron chi connectivity index (χ4n) is 4.67. The zero-order chi connectivity index (χ0) is 19.7. The van der Waals surface area contributed by atoms with Crippen molar-refractivity contribution < 1.29 is 9.47 Å². The third kappa shape index (κ3) is 4.72. The van der Waals surface area contributed by atoms with E-state index in [0.717, 1.165) is 49.1 Å². The molecule has 0 amide bonds. The summed E-state index contributed by atoms with van der Waals surface area (Å²) in [4.78, 5) is 18.1. The minimum Gasteiger partial charge on any atom is -0.493 e. The number of benzene rings is 1. The van der Waals surface area contributed by atoms with Crippen LogP contribution in [0, 0.1) is 0 Å². The molecule has 0 unspecified atom stereocenters. The van der Waals surface area contributed by atoms with Crippen LogP contribution < -0.4 is 15.0 Å². The average Bonchev–Trinajstić information content (AvgIpc) is 2.75. The lowest BCUT2D eigenvalue weighted by molar-refractivity contribution is 0.173. The predicted molar refractivity (Wildman–Crippen MR) is 126 cm³/mol. The Morgan fingerprint density at radius 1 is 0.867 bits per heavy atom. The second kappa shape index (κ2) is 10.7. The lowest BCUT2D eigenvalue weighted by atomic mass is 9.95. The van der Waals surface area contributed by atoms with E-state index < -0.39 is 0 Å². The van der Waals surface area contributed by atoms with E-state index in [9.17, 15) is 4.79 Å². The lowest BCUT2D eigenvalue weighted by Crippen LogP contribution is -2.42. The molecule has 0 radical (unpaired) electrons. The van der Waals surface area contributed by atoms with Crippen molar-refractivity contribution in [1.29, 1.82) is 0 Å². The molecule has 0 N–H and O–H groups in total. The summed E-state index contributed by atoms with van der Waals surface area (Å²) in [6.07, 6.45) is 4.91. The maximum absolute atomic E-state index is 13.1. The van der Waals surface area contributed by atoms with E-state index in [2.05, 4.69) is 9.80 Å². The largest absolute Gasteiger partial charge is 0.493 e. The fourth-order valence-corrected chi connectivity index (χ4v) is 4.67. The number of rotatable bonds is 5. The third-order valence-electron chi connectivity index (χ3n) is 6.36. The highest BCUT2D eigenvalue weighted by atomic mass is 35.5. The van der Waals surface area contributed by atoms with Crippen molar-refractivity contribution in [2.75, 3.05) is 46.9 Å². The van der Waals surface area contributed by atoms with Gasteiger partial charge in [0.15, 0.2) is 11.5 Å². The second-order valence-corrected chi connectivity index (χ2v) is 7.97. The van der Waals surface area contributed by atoms with Crippen LogP contribution in [0.2, 0.25) is 0 Å². The van der Waals surface area contributed by atoms with Gasteiger partial charge in [-0.2, -0.15) is 0 Å². The van der Waals surface area contributed by atoms with Gasteiger partial charge in [-0.3, -0.25) is 9.69 Å². The number of ether oxygens (including phenoxy) is 2. The van der Waals surface area contributed by atoms with Gasteiger partial charge in [0, 0.05) is 50.2 Å². The Morgan fingerprint density at radius 3 is 2.17 bits per heavy atom. The van der Waals surface area contributed by atoms with Gasteiger partial charge in [0.2, 0.25) is 0 Å². The average molecular weight is 458 g/mol. The molecule has 0 aliphatic carbocycles. The van der Waals surface area contributed by atoms with Gasteiger partial charge in [0.1, 0.15) is 0 Å². The number of hydrogen-bond donors (Lipinski definition) is 0. The van der Waals surface area contributed by atoms with Crippen molar-refractivity contribution in [3.63, 3.8) is 0 Å². The number of hydrogen-bond acceptors (Lipinski definition) is 5. The Kier molecular flexibility index (Phi) is 8.85. The van der Waals surface area contributed by atoms with Crippen LogP contribution in [0.15, 0.2) is 16.9 Å². The first-order chi connectivity index (χ1) is 13.6. The smallest absolute Gasteiger partial charge is 0.255 e. The van der Waals surface area contributed by atoms with Crippen LogP contribution in [0.5, 0.6) is 11.5 Å². The van der Waals surface area contributed by atoms with Crippen molar-refractivity contribution in [2.24, 2.45) is 7.05 Å². The van der Waals surface area contributed by atoms with Crippen LogP contribution in [-0.4, -0.2) is 61.3 Å². The summed E-state index contributed by atoms with van der Waals surface area (Å²) in [5.74, 6) is 1.37. The molecule has 2 aliphatic heterocycles. The topological polar surface area (TPSA) is 46.9 Å². The SMILES string of the molecule is COc1cc2c3c(c(=O)n(C)c2cc1OC)CN(CCN1CCCCC1)CC3.Cl.Cl. The molecule has 0 atom stereocenters. The number of halogens is 2. The normalized spacial score (nSPS) is 17.0. The van der Waals surface area contributed by atoms with E-state index >= 15 is 0 Å². The second-order valence-electron chi connectivity index (χ2n) is 7.97. The van der Waals surface area contributed by atoms with Gasteiger partial charge in [-0.1, -0.05) is 6.42 Å². The predicted octanol–water partition coefficient (Wildman–Crippen LogP) is 3.24. The van der Waals surface area contributed by atoms with Crippen LogP contribution >= 0.6 is 24.8 Å². The summed E-state index contributed by atoms with van der Waals surface area (Å²) in [7, 11) is 5.13. The third-order valence-corrected chi connectivity index (χ3v) is 6.36. The van der Waals surface area contributed by atoms with Gasteiger partial charge in [-0.25, -0.2) is 0 Å². The Labute approximate surface area is 190 Å². The molecule has 168 valence electrons. The molecule has 1 aromatic heterocycles. The summed E-state index contributed by atoms with van der Waals surface area (Å²) in [6, 6.07) is 3.94. The zero-order valence-corrected chi connectivity index (χ0v) is 19.7. The molecule has 8 heteroatoms. The van der Waals surface area contributed by atoms with E-state index in [4.69, 9.17) is 9.47 Å². The van der Waals surface area contributed by atoms with Crippen LogP contribution in [0.4, 0.5) is 0 Å². The van der Waals surface area contributed by atoms with E-state index in [1.54, 1.807) is 18.8 Å². The number of methoxy groups -OCH3 is 2. The molecule has 2 aliphatic rings. The van der Waals surface area contributed by atoms with Gasteiger partial charge in [0.25, 0.3) is 5.56 Å². The van der Waals surface area contributed by atoms with E-state index in [0.29, 0.717) is 11.5 Å². The van der Waals surface area contributed by atoms with E-state index in [-0.39, 0.29) is 30.4 Å². The maximum atomic E-state index is 13.1. The van der Waals surface area contributed by atoms with Crippen molar-refractivity contribution in [1.82, 2.24) is 14.4 Å².